The molecular weight excluding hydrogens is 270 g/mol. The van der Waals surface area contributed by atoms with E-state index in [0.717, 1.165) is 24.3 Å². The number of halogens is 2. The highest BCUT2D eigenvalue weighted by molar-refractivity contribution is 5.53. The second kappa shape index (κ2) is 5.32. The fourth-order valence-electron chi connectivity index (χ4n) is 1.50. The quantitative estimate of drug-likeness (QED) is 0.634. The Morgan fingerprint density at radius 3 is 2.60 bits per heavy atom. The molecule has 0 aliphatic heterocycles. The molecular formula is C13H6F2N2O3. The smallest absolute Gasteiger partial charge is 0.290 e. The fourth-order valence-corrected chi connectivity index (χ4v) is 1.50. The van der Waals surface area contributed by atoms with Gasteiger partial charge in [0.2, 0.25) is 0 Å². The van der Waals surface area contributed by atoms with Crippen LogP contribution >= 0.6 is 0 Å². The van der Waals surface area contributed by atoms with Crippen molar-refractivity contribution in [1.82, 2.24) is 0 Å². The van der Waals surface area contributed by atoms with Gasteiger partial charge in [0.1, 0.15) is 23.2 Å². The Bertz CT molecular complexity index is 726. The van der Waals surface area contributed by atoms with Crippen LogP contribution in [0.3, 0.4) is 0 Å². The molecule has 0 saturated carbocycles. The first-order valence-electron chi connectivity index (χ1n) is 5.32. The summed E-state index contributed by atoms with van der Waals surface area (Å²) in [5.41, 5.74) is -0.621. The van der Waals surface area contributed by atoms with Crippen LogP contribution in [0.1, 0.15) is 5.56 Å². The van der Waals surface area contributed by atoms with E-state index in [9.17, 15) is 18.9 Å². The Morgan fingerprint density at radius 1 is 1.20 bits per heavy atom. The van der Waals surface area contributed by atoms with E-state index in [-0.39, 0.29) is 11.3 Å². The van der Waals surface area contributed by atoms with Crippen LogP contribution in [0.15, 0.2) is 36.4 Å². The molecule has 0 amide bonds. The molecule has 0 aliphatic carbocycles. The topological polar surface area (TPSA) is 76.2 Å². The maximum absolute atomic E-state index is 13.4. The second-order valence-corrected chi connectivity index (χ2v) is 3.72. The summed E-state index contributed by atoms with van der Waals surface area (Å²) in [5.74, 6) is -1.98. The van der Waals surface area contributed by atoms with Gasteiger partial charge in [-0.15, -0.1) is 0 Å². The first-order chi connectivity index (χ1) is 9.51. The molecule has 0 radical (unpaired) electrons. The van der Waals surface area contributed by atoms with Crippen molar-refractivity contribution in [2.45, 2.75) is 0 Å². The predicted octanol–water partition coefficient (Wildman–Crippen LogP) is 3.54. The average Bonchev–Trinajstić information content (AvgIpc) is 2.42. The largest absolute Gasteiger partial charge is 0.454 e. The van der Waals surface area contributed by atoms with E-state index in [0.29, 0.717) is 0 Å². The molecule has 2 aromatic rings. The number of nitriles is 1. The van der Waals surface area contributed by atoms with E-state index in [4.69, 9.17) is 10.00 Å². The van der Waals surface area contributed by atoms with E-state index < -0.39 is 28.0 Å². The minimum Gasteiger partial charge on any atom is -0.454 e. The molecule has 0 fully saturated rings. The van der Waals surface area contributed by atoms with Gasteiger partial charge < -0.3 is 4.74 Å². The maximum atomic E-state index is 13.4. The van der Waals surface area contributed by atoms with E-state index in [1.807, 2.05) is 0 Å². The van der Waals surface area contributed by atoms with Crippen molar-refractivity contribution in [1.29, 1.82) is 5.26 Å². The van der Waals surface area contributed by atoms with E-state index in [1.54, 1.807) is 6.07 Å². The summed E-state index contributed by atoms with van der Waals surface area (Å²) in [6.45, 7) is 0. The average molecular weight is 276 g/mol. The van der Waals surface area contributed by atoms with Gasteiger partial charge in [0.05, 0.1) is 11.0 Å². The first-order valence-corrected chi connectivity index (χ1v) is 5.32. The van der Waals surface area contributed by atoms with E-state index >= 15 is 0 Å². The Morgan fingerprint density at radius 2 is 1.95 bits per heavy atom. The Balaban J connectivity index is 2.40. The zero-order chi connectivity index (χ0) is 14.7. The normalized spacial score (nSPS) is 9.85. The van der Waals surface area contributed by atoms with Crippen LogP contribution in [-0.4, -0.2) is 4.92 Å². The molecule has 0 bridgehead atoms. The molecule has 5 nitrogen and oxygen atoms in total. The van der Waals surface area contributed by atoms with Gasteiger partial charge in [-0.1, -0.05) is 0 Å². The van der Waals surface area contributed by atoms with Crippen molar-refractivity contribution in [2.24, 2.45) is 0 Å². The van der Waals surface area contributed by atoms with Crippen LogP contribution in [0.5, 0.6) is 11.5 Å². The zero-order valence-corrected chi connectivity index (χ0v) is 9.84. The number of ether oxygens (including phenoxy) is 1. The fraction of sp³-hybridized carbons (Fsp3) is 0. The third-order valence-corrected chi connectivity index (χ3v) is 2.41. The summed E-state index contributed by atoms with van der Waals surface area (Å²) in [5, 5.41) is 19.5. The molecule has 0 aromatic heterocycles. The molecule has 0 atom stereocenters. The summed E-state index contributed by atoms with van der Waals surface area (Å²) in [7, 11) is 0. The standard InChI is InChI=1S/C13H6F2N2O3/c14-9-2-4-11(15)13(5-9)20-10-3-1-8(7-16)12(6-10)17(18)19/h1-6H. The highest BCUT2D eigenvalue weighted by Crippen LogP contribution is 2.29. The van der Waals surface area contributed by atoms with Gasteiger partial charge >= 0.3 is 0 Å². The third-order valence-electron chi connectivity index (χ3n) is 2.41. The molecule has 0 N–H and O–H groups in total. The number of nitrogens with zero attached hydrogens (tertiary/aromatic N) is 2. The Labute approximate surface area is 111 Å². The van der Waals surface area contributed by atoms with Crippen molar-refractivity contribution in [2.75, 3.05) is 0 Å². The van der Waals surface area contributed by atoms with Gasteiger partial charge in [0, 0.05) is 6.07 Å². The lowest BCUT2D eigenvalue weighted by Gasteiger charge is -2.07. The molecule has 7 heteroatoms. The van der Waals surface area contributed by atoms with E-state index in [2.05, 4.69) is 0 Å². The molecule has 20 heavy (non-hydrogen) atoms. The summed E-state index contributed by atoms with van der Waals surface area (Å²) >= 11 is 0. The molecule has 0 unspecified atom stereocenters. The van der Waals surface area contributed by atoms with Crippen LogP contribution in [-0.2, 0) is 0 Å². The molecule has 0 saturated heterocycles. The highest BCUT2D eigenvalue weighted by atomic mass is 19.1. The van der Waals surface area contributed by atoms with Gasteiger partial charge in [0.15, 0.2) is 11.6 Å². The third kappa shape index (κ3) is 2.70. The highest BCUT2D eigenvalue weighted by Gasteiger charge is 2.16. The minimum absolute atomic E-state index is 0.0693. The lowest BCUT2D eigenvalue weighted by Crippen LogP contribution is -1.94. The summed E-state index contributed by atoms with van der Waals surface area (Å²) < 4.78 is 31.4. The van der Waals surface area contributed by atoms with Crippen molar-refractivity contribution in [3.63, 3.8) is 0 Å². The molecule has 0 heterocycles. The van der Waals surface area contributed by atoms with Crippen LogP contribution in [0.4, 0.5) is 14.5 Å². The van der Waals surface area contributed by atoms with Crippen LogP contribution in [0.25, 0.3) is 0 Å². The monoisotopic (exact) mass is 276 g/mol. The van der Waals surface area contributed by atoms with Crippen molar-refractivity contribution >= 4 is 5.69 Å². The van der Waals surface area contributed by atoms with Gasteiger partial charge in [-0.3, -0.25) is 10.1 Å². The predicted molar refractivity (Wildman–Crippen MR) is 64.2 cm³/mol. The van der Waals surface area contributed by atoms with Crippen molar-refractivity contribution in [3.8, 4) is 17.6 Å². The summed E-state index contributed by atoms with van der Waals surface area (Å²) in [6, 6.07) is 7.68. The van der Waals surface area contributed by atoms with Crippen LogP contribution in [0, 0.1) is 33.1 Å². The molecule has 0 aliphatic rings. The van der Waals surface area contributed by atoms with Gasteiger partial charge in [0.25, 0.3) is 5.69 Å². The first kappa shape index (κ1) is 13.4. The Hall–Kier alpha value is -3.01. The molecule has 0 spiro atoms. The number of hydrogen-bond donors (Lipinski definition) is 0. The number of benzene rings is 2. The van der Waals surface area contributed by atoms with Gasteiger partial charge in [-0.05, 0) is 24.3 Å². The second-order valence-electron chi connectivity index (χ2n) is 3.72. The minimum atomic E-state index is -0.807. The SMILES string of the molecule is N#Cc1ccc(Oc2cc(F)ccc2F)cc1[N+](=O)[O-]. The number of nitro benzene ring substituents is 1. The molecule has 2 rings (SSSR count). The Kier molecular flexibility index (Phi) is 3.57. The molecule has 100 valence electrons. The zero-order valence-electron chi connectivity index (χ0n) is 9.84. The maximum Gasteiger partial charge on any atom is 0.290 e. The lowest BCUT2D eigenvalue weighted by atomic mass is 10.2. The van der Waals surface area contributed by atoms with Crippen molar-refractivity contribution < 1.29 is 18.4 Å². The number of hydrogen-bond acceptors (Lipinski definition) is 4. The van der Waals surface area contributed by atoms with Gasteiger partial charge in [-0.2, -0.15) is 5.26 Å². The molecule has 2 aromatic carbocycles. The van der Waals surface area contributed by atoms with Crippen LogP contribution in [0.2, 0.25) is 0 Å². The summed E-state index contributed by atoms with van der Waals surface area (Å²) in [6.07, 6.45) is 0. The summed E-state index contributed by atoms with van der Waals surface area (Å²) in [4.78, 5) is 10.0. The number of rotatable bonds is 3. The van der Waals surface area contributed by atoms with Gasteiger partial charge in [-0.25, -0.2) is 8.78 Å². The number of nitro groups is 1. The lowest BCUT2D eigenvalue weighted by molar-refractivity contribution is -0.385. The van der Waals surface area contributed by atoms with Crippen molar-refractivity contribution in [3.05, 3.63) is 63.7 Å². The van der Waals surface area contributed by atoms with E-state index in [1.165, 1.54) is 12.1 Å². The van der Waals surface area contributed by atoms with Crippen LogP contribution < -0.4 is 4.74 Å².